The summed E-state index contributed by atoms with van der Waals surface area (Å²) in [6.45, 7) is 9.05. The molecule has 1 heterocycles. The SMILES string of the molecule is CC1(C)C(Nc2nc3c(s2)CCCC3C(=O)O)C1(C)C. The van der Waals surface area contributed by atoms with Gasteiger partial charge in [0.25, 0.3) is 0 Å². The van der Waals surface area contributed by atoms with E-state index in [4.69, 9.17) is 0 Å². The van der Waals surface area contributed by atoms with E-state index in [-0.39, 0.29) is 10.8 Å². The Balaban J connectivity index is 1.82. The first-order valence-corrected chi connectivity index (χ1v) is 8.05. The molecule has 0 radical (unpaired) electrons. The second kappa shape index (κ2) is 4.20. The zero-order valence-electron chi connectivity index (χ0n) is 12.5. The maximum absolute atomic E-state index is 11.3. The molecule has 110 valence electrons. The van der Waals surface area contributed by atoms with Gasteiger partial charge in [0.2, 0.25) is 0 Å². The fourth-order valence-corrected chi connectivity index (χ4v) is 4.49. The number of carboxylic acid groups (broad SMARTS) is 1. The summed E-state index contributed by atoms with van der Waals surface area (Å²) in [6.07, 6.45) is 2.63. The van der Waals surface area contributed by atoms with E-state index in [0.29, 0.717) is 12.5 Å². The summed E-state index contributed by atoms with van der Waals surface area (Å²) in [6, 6.07) is 0.408. The van der Waals surface area contributed by atoms with Crippen LogP contribution in [0.15, 0.2) is 0 Å². The molecule has 1 atom stereocenters. The first-order valence-electron chi connectivity index (χ1n) is 7.24. The lowest BCUT2D eigenvalue weighted by atomic mass is 9.91. The summed E-state index contributed by atoms with van der Waals surface area (Å²) in [5, 5.41) is 13.7. The van der Waals surface area contributed by atoms with Gasteiger partial charge in [-0.25, -0.2) is 4.98 Å². The number of aryl methyl sites for hydroxylation is 1. The summed E-state index contributed by atoms with van der Waals surface area (Å²) in [5.74, 6) is -1.15. The third kappa shape index (κ3) is 1.86. The molecular weight excluding hydrogens is 272 g/mol. The summed E-state index contributed by atoms with van der Waals surface area (Å²) in [7, 11) is 0. The molecule has 1 fully saturated rings. The molecule has 0 spiro atoms. The first kappa shape index (κ1) is 13.9. The van der Waals surface area contributed by atoms with Crippen LogP contribution in [0.25, 0.3) is 0 Å². The smallest absolute Gasteiger partial charge is 0.312 e. The number of fused-ring (bicyclic) bond motifs is 1. The van der Waals surface area contributed by atoms with E-state index in [0.717, 1.165) is 28.5 Å². The molecule has 0 bridgehead atoms. The Morgan fingerprint density at radius 2 is 2.00 bits per heavy atom. The maximum Gasteiger partial charge on any atom is 0.312 e. The van der Waals surface area contributed by atoms with Gasteiger partial charge in [-0.2, -0.15) is 0 Å². The highest BCUT2D eigenvalue weighted by atomic mass is 32.1. The van der Waals surface area contributed by atoms with E-state index in [1.807, 2.05) is 0 Å². The molecule has 1 unspecified atom stereocenters. The van der Waals surface area contributed by atoms with E-state index in [9.17, 15) is 9.90 Å². The normalized spacial score (nSPS) is 26.9. The second-order valence-electron chi connectivity index (χ2n) is 7.13. The van der Waals surface area contributed by atoms with Crippen molar-refractivity contribution in [1.82, 2.24) is 4.98 Å². The van der Waals surface area contributed by atoms with Gasteiger partial charge in [-0.1, -0.05) is 27.7 Å². The van der Waals surface area contributed by atoms with Crippen molar-refractivity contribution in [3.63, 3.8) is 0 Å². The third-order valence-electron chi connectivity index (χ3n) is 5.54. The second-order valence-corrected chi connectivity index (χ2v) is 8.21. The number of anilines is 1. The Bertz CT molecular complexity index is 548. The molecule has 2 N–H and O–H groups in total. The molecule has 0 saturated heterocycles. The maximum atomic E-state index is 11.3. The van der Waals surface area contributed by atoms with Gasteiger partial charge < -0.3 is 10.4 Å². The lowest BCUT2D eigenvalue weighted by molar-refractivity contribution is -0.139. The molecular formula is C15H22N2O2S. The molecule has 1 aromatic heterocycles. The van der Waals surface area contributed by atoms with Crippen LogP contribution >= 0.6 is 11.3 Å². The molecule has 2 aliphatic carbocycles. The third-order valence-corrected chi connectivity index (χ3v) is 6.60. The Labute approximate surface area is 123 Å². The quantitative estimate of drug-likeness (QED) is 0.895. The van der Waals surface area contributed by atoms with Gasteiger partial charge in [0.1, 0.15) is 5.92 Å². The van der Waals surface area contributed by atoms with Crippen LogP contribution in [0.1, 0.15) is 57.0 Å². The lowest BCUT2D eigenvalue weighted by Crippen LogP contribution is -2.17. The van der Waals surface area contributed by atoms with Gasteiger partial charge in [0.15, 0.2) is 5.13 Å². The van der Waals surface area contributed by atoms with E-state index in [1.165, 1.54) is 0 Å². The molecule has 0 aliphatic heterocycles. The number of hydrogen-bond donors (Lipinski definition) is 2. The van der Waals surface area contributed by atoms with Crippen molar-refractivity contribution in [2.45, 2.75) is 58.9 Å². The van der Waals surface area contributed by atoms with Crippen molar-refractivity contribution >= 4 is 22.4 Å². The van der Waals surface area contributed by atoms with Gasteiger partial charge in [0.05, 0.1) is 5.69 Å². The number of hydrogen-bond acceptors (Lipinski definition) is 4. The zero-order valence-corrected chi connectivity index (χ0v) is 13.3. The molecule has 2 aliphatic rings. The van der Waals surface area contributed by atoms with Crippen LogP contribution in [0.4, 0.5) is 5.13 Å². The first-order chi connectivity index (χ1) is 9.25. The fourth-order valence-electron chi connectivity index (χ4n) is 3.40. The van der Waals surface area contributed by atoms with Crippen molar-refractivity contribution in [1.29, 1.82) is 0 Å². The average Bonchev–Trinajstić information content (AvgIpc) is 2.68. The molecule has 0 amide bonds. The Morgan fingerprint density at radius 3 is 2.55 bits per heavy atom. The van der Waals surface area contributed by atoms with Gasteiger partial charge in [-0.05, 0) is 30.1 Å². The largest absolute Gasteiger partial charge is 0.481 e. The minimum absolute atomic E-state index is 0.255. The Kier molecular flexibility index (Phi) is 2.91. The number of aromatic nitrogens is 1. The van der Waals surface area contributed by atoms with Crippen LogP contribution in [0.5, 0.6) is 0 Å². The number of aliphatic carboxylic acids is 1. The zero-order chi connectivity index (χ0) is 14.7. The predicted octanol–water partition coefficient (Wildman–Crippen LogP) is 3.49. The molecule has 3 rings (SSSR count). The summed E-state index contributed by atoms with van der Waals surface area (Å²) in [4.78, 5) is 17.1. The highest BCUT2D eigenvalue weighted by Crippen LogP contribution is 2.63. The van der Waals surface area contributed by atoms with Crippen molar-refractivity contribution in [3.8, 4) is 0 Å². The van der Waals surface area contributed by atoms with E-state index in [1.54, 1.807) is 11.3 Å². The molecule has 0 aromatic carbocycles. The van der Waals surface area contributed by atoms with Gasteiger partial charge in [0, 0.05) is 10.9 Å². The molecule has 1 saturated carbocycles. The summed E-state index contributed by atoms with van der Waals surface area (Å²) < 4.78 is 0. The van der Waals surface area contributed by atoms with Crippen LogP contribution in [-0.4, -0.2) is 22.1 Å². The van der Waals surface area contributed by atoms with E-state index in [2.05, 4.69) is 38.0 Å². The van der Waals surface area contributed by atoms with Crippen LogP contribution in [0.2, 0.25) is 0 Å². The van der Waals surface area contributed by atoms with Crippen molar-refractivity contribution in [2.75, 3.05) is 5.32 Å². The van der Waals surface area contributed by atoms with Crippen LogP contribution < -0.4 is 5.32 Å². The number of thiazole rings is 1. The van der Waals surface area contributed by atoms with Crippen LogP contribution in [0.3, 0.4) is 0 Å². The molecule has 5 heteroatoms. The number of nitrogens with zero attached hydrogens (tertiary/aromatic N) is 1. The van der Waals surface area contributed by atoms with Gasteiger partial charge in [-0.15, -0.1) is 11.3 Å². The van der Waals surface area contributed by atoms with Gasteiger partial charge >= 0.3 is 5.97 Å². The monoisotopic (exact) mass is 294 g/mol. The Hall–Kier alpha value is -1.10. The lowest BCUT2D eigenvalue weighted by Gasteiger charge is -2.16. The van der Waals surface area contributed by atoms with Crippen LogP contribution in [-0.2, 0) is 11.2 Å². The minimum Gasteiger partial charge on any atom is -0.481 e. The van der Waals surface area contributed by atoms with Crippen molar-refractivity contribution in [2.24, 2.45) is 10.8 Å². The average molecular weight is 294 g/mol. The number of carboxylic acids is 1. The van der Waals surface area contributed by atoms with Crippen LogP contribution in [0, 0.1) is 10.8 Å². The molecule has 20 heavy (non-hydrogen) atoms. The number of rotatable bonds is 3. The number of nitrogens with one attached hydrogen (secondary N) is 1. The van der Waals surface area contributed by atoms with E-state index >= 15 is 0 Å². The minimum atomic E-state index is -0.741. The highest BCUT2D eigenvalue weighted by molar-refractivity contribution is 7.15. The topological polar surface area (TPSA) is 62.2 Å². The predicted molar refractivity (Wildman–Crippen MR) is 80.4 cm³/mol. The van der Waals surface area contributed by atoms with Crippen molar-refractivity contribution in [3.05, 3.63) is 10.6 Å². The number of carbonyl (C=O) groups is 1. The summed E-state index contributed by atoms with van der Waals surface area (Å²) >= 11 is 1.64. The van der Waals surface area contributed by atoms with E-state index < -0.39 is 11.9 Å². The molecule has 4 nitrogen and oxygen atoms in total. The van der Waals surface area contributed by atoms with Crippen molar-refractivity contribution < 1.29 is 9.90 Å². The summed E-state index contributed by atoms with van der Waals surface area (Å²) in [5.41, 5.74) is 1.31. The standard InChI is InChI=1S/C15H22N2O2S/c1-14(2)12(15(14,3)4)17-13-16-10-8(11(18)19)6-5-7-9(10)20-13/h8,12H,5-7H2,1-4H3,(H,16,17)(H,18,19). The fraction of sp³-hybridized carbons (Fsp3) is 0.733. The molecule has 1 aromatic rings. The highest BCUT2D eigenvalue weighted by Gasteiger charge is 2.65. The Morgan fingerprint density at radius 1 is 1.35 bits per heavy atom. The van der Waals surface area contributed by atoms with Gasteiger partial charge in [-0.3, -0.25) is 4.79 Å².